The summed E-state index contributed by atoms with van der Waals surface area (Å²) in [6, 6.07) is 12.6. The zero-order valence-electron chi connectivity index (χ0n) is 14.2. The summed E-state index contributed by atoms with van der Waals surface area (Å²) in [6.45, 7) is 0. The summed E-state index contributed by atoms with van der Waals surface area (Å²) in [4.78, 5) is 37.1. The average Bonchev–Trinajstić information content (AvgIpc) is 3.01. The molecule has 0 atom stereocenters. The zero-order valence-corrected chi connectivity index (χ0v) is 14.2. The van der Waals surface area contributed by atoms with E-state index in [1.807, 2.05) is 24.3 Å². The van der Waals surface area contributed by atoms with Crippen molar-refractivity contribution in [2.24, 2.45) is 0 Å². The Balaban J connectivity index is 1.67. The smallest absolute Gasteiger partial charge is 0.330 e. The van der Waals surface area contributed by atoms with Gasteiger partial charge >= 0.3 is 5.97 Å². The Bertz CT molecular complexity index is 906. The Morgan fingerprint density at radius 3 is 2.31 bits per heavy atom. The number of carboxylic acid groups (broad SMARTS) is 1. The molecule has 2 aliphatic rings. The summed E-state index contributed by atoms with van der Waals surface area (Å²) in [5.41, 5.74) is 2.27. The van der Waals surface area contributed by atoms with Crippen LogP contribution in [0.15, 0.2) is 42.5 Å². The van der Waals surface area contributed by atoms with Gasteiger partial charge in [0.2, 0.25) is 0 Å². The highest BCUT2D eigenvalue weighted by atomic mass is 16.4. The van der Waals surface area contributed by atoms with Crippen molar-refractivity contribution >= 4 is 17.7 Å². The third-order valence-corrected chi connectivity index (χ3v) is 5.42. The molecule has 0 radical (unpaired) electrons. The van der Waals surface area contributed by atoms with Gasteiger partial charge in [0.1, 0.15) is 5.54 Å². The predicted octanol–water partition coefficient (Wildman–Crippen LogP) is 2.56. The molecule has 0 aromatic heterocycles. The number of rotatable bonds is 3. The van der Waals surface area contributed by atoms with Crippen LogP contribution in [0.2, 0.25) is 0 Å². The van der Waals surface area contributed by atoms with E-state index in [0.717, 1.165) is 16.7 Å². The number of Topliss-reactive ketones (excluding diaryl/α,β-unsaturated/α-hetero) is 1. The molecule has 2 aromatic rings. The summed E-state index contributed by atoms with van der Waals surface area (Å²) < 4.78 is 0. The molecule has 132 valence electrons. The Morgan fingerprint density at radius 2 is 1.65 bits per heavy atom. The van der Waals surface area contributed by atoms with Crippen molar-refractivity contribution in [2.75, 3.05) is 0 Å². The fraction of sp³-hybridized carbons (Fsp3) is 0.286. The highest BCUT2D eigenvalue weighted by molar-refractivity contribution is 6.05. The molecule has 2 aromatic carbocycles. The molecule has 0 unspecified atom stereocenters. The monoisotopic (exact) mass is 349 g/mol. The van der Waals surface area contributed by atoms with Crippen molar-refractivity contribution in [2.45, 2.75) is 37.6 Å². The molecule has 2 aliphatic carbocycles. The lowest BCUT2D eigenvalue weighted by molar-refractivity contribution is -0.144. The largest absolute Gasteiger partial charge is 0.479 e. The van der Waals surface area contributed by atoms with Crippen LogP contribution in [-0.4, -0.2) is 28.3 Å². The fourth-order valence-corrected chi connectivity index (χ4v) is 4.08. The van der Waals surface area contributed by atoms with Crippen LogP contribution in [-0.2, 0) is 24.1 Å². The maximum Gasteiger partial charge on any atom is 0.330 e. The van der Waals surface area contributed by atoms with E-state index in [1.54, 1.807) is 18.2 Å². The van der Waals surface area contributed by atoms with E-state index in [2.05, 4.69) is 5.32 Å². The molecule has 0 spiro atoms. The second kappa shape index (κ2) is 6.09. The maximum absolute atomic E-state index is 13.0. The highest BCUT2D eigenvalue weighted by Crippen LogP contribution is 2.31. The highest BCUT2D eigenvalue weighted by Gasteiger charge is 2.45. The van der Waals surface area contributed by atoms with Crippen molar-refractivity contribution in [3.05, 3.63) is 70.3 Å². The van der Waals surface area contributed by atoms with E-state index in [9.17, 15) is 19.5 Å². The van der Waals surface area contributed by atoms with Crippen LogP contribution in [0.5, 0.6) is 0 Å². The van der Waals surface area contributed by atoms with Gasteiger partial charge in [-0.3, -0.25) is 9.59 Å². The summed E-state index contributed by atoms with van der Waals surface area (Å²) in [7, 11) is 0. The number of amides is 1. The van der Waals surface area contributed by atoms with Crippen LogP contribution in [0.4, 0.5) is 0 Å². The average molecular weight is 349 g/mol. The van der Waals surface area contributed by atoms with Crippen molar-refractivity contribution in [1.29, 1.82) is 0 Å². The molecule has 1 amide bonds. The molecule has 2 N–H and O–H groups in total. The second-order valence-corrected chi connectivity index (χ2v) is 7.07. The number of carbonyl (C=O) groups excluding carboxylic acids is 2. The number of carboxylic acids is 1. The summed E-state index contributed by atoms with van der Waals surface area (Å²) >= 11 is 0. The fourth-order valence-electron chi connectivity index (χ4n) is 4.08. The lowest BCUT2D eigenvalue weighted by atomic mass is 9.86. The molecule has 0 heterocycles. The minimum Gasteiger partial charge on any atom is -0.479 e. The van der Waals surface area contributed by atoms with Crippen molar-refractivity contribution < 1.29 is 19.5 Å². The van der Waals surface area contributed by atoms with Crippen molar-refractivity contribution in [1.82, 2.24) is 5.32 Å². The van der Waals surface area contributed by atoms with Gasteiger partial charge in [0.05, 0.1) is 0 Å². The van der Waals surface area contributed by atoms with E-state index in [-0.39, 0.29) is 18.6 Å². The molecular formula is C21H19NO4. The van der Waals surface area contributed by atoms with Gasteiger partial charge in [-0.1, -0.05) is 36.4 Å². The number of aliphatic carboxylic acids is 1. The van der Waals surface area contributed by atoms with Gasteiger partial charge in [-0.05, 0) is 35.6 Å². The van der Waals surface area contributed by atoms with Crippen molar-refractivity contribution in [3.63, 3.8) is 0 Å². The van der Waals surface area contributed by atoms with Gasteiger partial charge < -0.3 is 10.4 Å². The third-order valence-electron chi connectivity index (χ3n) is 5.42. The SMILES string of the molecule is O=C1CCCc2c1cccc2C(=O)NC1(C(=O)O)Cc2ccccc2C1. The van der Waals surface area contributed by atoms with Crippen LogP contribution in [0.1, 0.15) is 50.2 Å². The van der Waals surface area contributed by atoms with Gasteiger partial charge in [0.15, 0.2) is 5.78 Å². The number of benzene rings is 2. The Kier molecular flexibility index (Phi) is 3.87. The lowest BCUT2D eigenvalue weighted by Gasteiger charge is -2.27. The molecule has 4 rings (SSSR count). The lowest BCUT2D eigenvalue weighted by Crippen LogP contribution is -2.55. The Hall–Kier alpha value is -2.95. The number of nitrogens with one attached hydrogen (secondary N) is 1. The van der Waals surface area contributed by atoms with E-state index < -0.39 is 17.4 Å². The zero-order chi connectivity index (χ0) is 18.3. The number of hydrogen-bond acceptors (Lipinski definition) is 3. The summed E-state index contributed by atoms with van der Waals surface area (Å²) in [5.74, 6) is -1.42. The number of hydrogen-bond donors (Lipinski definition) is 2. The number of ketones is 1. The molecule has 26 heavy (non-hydrogen) atoms. The Morgan fingerprint density at radius 1 is 0.962 bits per heavy atom. The third kappa shape index (κ3) is 2.60. The second-order valence-electron chi connectivity index (χ2n) is 7.07. The molecule has 5 heteroatoms. The summed E-state index contributed by atoms with van der Waals surface area (Å²) in [6.07, 6.45) is 2.39. The molecule has 5 nitrogen and oxygen atoms in total. The molecule has 0 bridgehead atoms. The van der Waals surface area contributed by atoms with Crippen LogP contribution in [0, 0.1) is 0 Å². The van der Waals surface area contributed by atoms with E-state index in [4.69, 9.17) is 0 Å². The van der Waals surface area contributed by atoms with Gasteiger partial charge in [-0.25, -0.2) is 4.79 Å². The first-order valence-corrected chi connectivity index (χ1v) is 8.78. The first-order chi connectivity index (χ1) is 12.5. The van der Waals surface area contributed by atoms with Crippen LogP contribution >= 0.6 is 0 Å². The quantitative estimate of drug-likeness (QED) is 0.892. The normalized spacial score (nSPS) is 17.3. The standard InChI is InChI=1S/C21H19NO4/c23-18-10-4-7-15-16(18)8-3-9-17(15)19(24)22-21(20(25)26)11-13-5-1-2-6-14(13)12-21/h1-3,5-6,8-9H,4,7,10-12H2,(H,22,24)(H,25,26). The number of carbonyl (C=O) groups is 3. The molecule has 0 fully saturated rings. The summed E-state index contributed by atoms with van der Waals surface area (Å²) in [5, 5.41) is 12.6. The maximum atomic E-state index is 13.0. The van der Waals surface area contributed by atoms with Gasteiger partial charge in [0, 0.05) is 30.4 Å². The van der Waals surface area contributed by atoms with Gasteiger partial charge in [-0.15, -0.1) is 0 Å². The van der Waals surface area contributed by atoms with Gasteiger partial charge in [0.25, 0.3) is 5.91 Å². The molecular weight excluding hydrogens is 330 g/mol. The topological polar surface area (TPSA) is 83.5 Å². The first-order valence-electron chi connectivity index (χ1n) is 8.78. The Labute approximate surface area is 151 Å². The minimum atomic E-state index is -1.35. The van der Waals surface area contributed by atoms with Gasteiger partial charge in [-0.2, -0.15) is 0 Å². The molecule has 0 saturated heterocycles. The molecule has 0 saturated carbocycles. The van der Waals surface area contributed by atoms with E-state index >= 15 is 0 Å². The predicted molar refractivity (Wildman–Crippen MR) is 95.4 cm³/mol. The minimum absolute atomic E-state index is 0.0436. The molecule has 0 aliphatic heterocycles. The first kappa shape index (κ1) is 16.5. The van der Waals surface area contributed by atoms with Crippen LogP contribution in [0.25, 0.3) is 0 Å². The van der Waals surface area contributed by atoms with Crippen LogP contribution in [0.3, 0.4) is 0 Å². The van der Waals surface area contributed by atoms with E-state index in [0.29, 0.717) is 30.4 Å². The van der Waals surface area contributed by atoms with Crippen LogP contribution < -0.4 is 5.32 Å². The van der Waals surface area contributed by atoms with Crippen molar-refractivity contribution in [3.8, 4) is 0 Å². The number of fused-ring (bicyclic) bond motifs is 2. The van der Waals surface area contributed by atoms with E-state index in [1.165, 1.54) is 0 Å².